The van der Waals surface area contributed by atoms with Gasteiger partial charge in [-0.2, -0.15) is 0 Å². The second-order valence-electron chi connectivity index (χ2n) is 9.67. The summed E-state index contributed by atoms with van der Waals surface area (Å²) in [4.78, 5) is 34.2. The Morgan fingerprint density at radius 1 is 1.16 bits per heavy atom. The Morgan fingerprint density at radius 2 is 1.84 bits per heavy atom. The van der Waals surface area contributed by atoms with E-state index in [1.165, 1.54) is 0 Å². The molecule has 0 aliphatic carbocycles. The maximum atomic E-state index is 13.7. The summed E-state index contributed by atoms with van der Waals surface area (Å²) in [6.45, 7) is 9.16. The average molecular weight is 454 g/mol. The minimum Gasteiger partial charge on any atom is -0.342 e. The van der Waals surface area contributed by atoms with Crippen LogP contribution in [-0.2, 0) is 9.59 Å². The SMILES string of the molecule is Cc1ccc(N2C(=O)C[C@H](C(=O)N3CCC(CN(C)C(C)C)CC3)[C@@H]2c2cccs2)cc1. The summed E-state index contributed by atoms with van der Waals surface area (Å²) in [6, 6.07) is 12.4. The topological polar surface area (TPSA) is 43.9 Å². The molecule has 0 bridgehead atoms. The van der Waals surface area contributed by atoms with E-state index in [-0.39, 0.29) is 30.2 Å². The molecule has 2 saturated heterocycles. The number of benzene rings is 1. The van der Waals surface area contributed by atoms with Gasteiger partial charge in [0.2, 0.25) is 11.8 Å². The lowest BCUT2D eigenvalue weighted by atomic mass is 9.92. The van der Waals surface area contributed by atoms with Gasteiger partial charge in [-0.15, -0.1) is 11.3 Å². The Hall–Kier alpha value is -2.18. The molecule has 2 aliphatic rings. The highest BCUT2D eigenvalue weighted by Crippen LogP contribution is 2.44. The summed E-state index contributed by atoms with van der Waals surface area (Å²) in [5, 5.41) is 2.03. The van der Waals surface area contributed by atoms with Crippen LogP contribution in [0, 0.1) is 18.8 Å². The van der Waals surface area contributed by atoms with E-state index in [0.717, 1.165) is 48.6 Å². The fraction of sp³-hybridized carbons (Fsp3) is 0.538. The molecule has 1 aromatic heterocycles. The number of aryl methyl sites for hydroxylation is 1. The van der Waals surface area contributed by atoms with Crippen LogP contribution < -0.4 is 4.90 Å². The number of hydrogen-bond acceptors (Lipinski definition) is 4. The third kappa shape index (κ3) is 4.76. The van der Waals surface area contributed by atoms with Crippen molar-refractivity contribution in [2.75, 3.05) is 31.6 Å². The third-order valence-electron chi connectivity index (χ3n) is 7.14. The van der Waals surface area contributed by atoms with Crippen LogP contribution in [0.1, 0.15) is 49.6 Å². The number of hydrogen-bond donors (Lipinski definition) is 0. The molecule has 0 radical (unpaired) electrons. The molecule has 2 amide bonds. The largest absolute Gasteiger partial charge is 0.342 e. The van der Waals surface area contributed by atoms with Crippen molar-refractivity contribution in [3.8, 4) is 0 Å². The molecule has 172 valence electrons. The number of carbonyl (C=O) groups excluding carboxylic acids is 2. The highest BCUT2D eigenvalue weighted by molar-refractivity contribution is 7.10. The molecule has 0 N–H and O–H groups in total. The van der Waals surface area contributed by atoms with Crippen LogP contribution in [0.15, 0.2) is 41.8 Å². The van der Waals surface area contributed by atoms with E-state index in [0.29, 0.717) is 12.0 Å². The Bertz CT molecular complexity index is 917. The van der Waals surface area contributed by atoms with Crippen molar-refractivity contribution in [1.29, 1.82) is 0 Å². The lowest BCUT2D eigenvalue weighted by Gasteiger charge is -2.37. The molecular weight excluding hydrogens is 418 g/mol. The Kier molecular flexibility index (Phi) is 7.01. The van der Waals surface area contributed by atoms with Crippen molar-refractivity contribution in [2.24, 2.45) is 11.8 Å². The van der Waals surface area contributed by atoms with Gasteiger partial charge in [0.15, 0.2) is 0 Å². The van der Waals surface area contributed by atoms with E-state index in [1.807, 2.05) is 52.4 Å². The van der Waals surface area contributed by atoms with Crippen LogP contribution in [-0.4, -0.2) is 54.3 Å². The molecular formula is C26H35N3O2S. The van der Waals surface area contributed by atoms with Gasteiger partial charge in [-0.3, -0.25) is 9.59 Å². The van der Waals surface area contributed by atoms with Crippen molar-refractivity contribution in [2.45, 2.75) is 52.1 Å². The molecule has 2 aromatic rings. The minimum absolute atomic E-state index is 0.0408. The summed E-state index contributed by atoms with van der Waals surface area (Å²) >= 11 is 1.63. The minimum atomic E-state index is -0.322. The van der Waals surface area contributed by atoms with E-state index in [1.54, 1.807) is 11.3 Å². The average Bonchev–Trinajstić information content (AvgIpc) is 3.42. The van der Waals surface area contributed by atoms with Crippen LogP contribution >= 0.6 is 11.3 Å². The zero-order valence-corrected chi connectivity index (χ0v) is 20.5. The summed E-state index contributed by atoms with van der Waals surface area (Å²) < 4.78 is 0. The van der Waals surface area contributed by atoms with Gasteiger partial charge in [0.1, 0.15) is 0 Å². The highest BCUT2D eigenvalue weighted by Gasteiger charge is 2.47. The van der Waals surface area contributed by atoms with Crippen molar-refractivity contribution in [1.82, 2.24) is 9.80 Å². The van der Waals surface area contributed by atoms with Crippen molar-refractivity contribution < 1.29 is 9.59 Å². The zero-order chi connectivity index (χ0) is 22.8. The lowest BCUT2D eigenvalue weighted by Crippen LogP contribution is -2.45. The van der Waals surface area contributed by atoms with Gasteiger partial charge in [0, 0.05) is 42.7 Å². The maximum absolute atomic E-state index is 13.7. The summed E-state index contributed by atoms with van der Waals surface area (Å²) in [7, 11) is 2.18. The molecule has 32 heavy (non-hydrogen) atoms. The monoisotopic (exact) mass is 453 g/mol. The van der Waals surface area contributed by atoms with Crippen LogP contribution in [0.25, 0.3) is 0 Å². The first kappa shape index (κ1) is 23.0. The zero-order valence-electron chi connectivity index (χ0n) is 19.7. The van der Waals surface area contributed by atoms with Gasteiger partial charge < -0.3 is 14.7 Å². The smallest absolute Gasteiger partial charge is 0.228 e. The first-order valence-electron chi connectivity index (χ1n) is 11.8. The summed E-state index contributed by atoms with van der Waals surface area (Å²) in [6.07, 6.45) is 2.36. The van der Waals surface area contributed by atoms with Gasteiger partial charge in [0.05, 0.1) is 12.0 Å². The number of carbonyl (C=O) groups is 2. The summed E-state index contributed by atoms with van der Waals surface area (Å²) in [5.74, 6) is 0.493. The molecule has 0 saturated carbocycles. The van der Waals surface area contributed by atoms with E-state index < -0.39 is 0 Å². The van der Waals surface area contributed by atoms with Gasteiger partial charge in [-0.25, -0.2) is 0 Å². The van der Waals surface area contributed by atoms with E-state index in [9.17, 15) is 9.59 Å². The van der Waals surface area contributed by atoms with Gasteiger partial charge in [0.25, 0.3) is 0 Å². The number of anilines is 1. The number of amides is 2. The molecule has 4 rings (SSSR count). The van der Waals surface area contributed by atoms with Gasteiger partial charge >= 0.3 is 0 Å². The Morgan fingerprint density at radius 3 is 2.44 bits per heavy atom. The number of nitrogens with zero attached hydrogens (tertiary/aromatic N) is 3. The first-order valence-corrected chi connectivity index (χ1v) is 12.6. The van der Waals surface area contributed by atoms with Crippen LogP contribution in [0.3, 0.4) is 0 Å². The highest BCUT2D eigenvalue weighted by atomic mass is 32.1. The fourth-order valence-corrected chi connectivity index (χ4v) is 5.82. The molecule has 6 heteroatoms. The molecule has 2 fully saturated rings. The van der Waals surface area contributed by atoms with Crippen LogP contribution in [0.2, 0.25) is 0 Å². The second-order valence-corrected chi connectivity index (χ2v) is 10.7. The second kappa shape index (κ2) is 9.75. The predicted molar refractivity (Wildman–Crippen MR) is 131 cm³/mol. The molecule has 0 spiro atoms. The lowest BCUT2D eigenvalue weighted by molar-refractivity contribution is -0.138. The van der Waals surface area contributed by atoms with Crippen molar-refractivity contribution in [3.05, 3.63) is 52.2 Å². The normalized spacial score (nSPS) is 22.4. The molecule has 1 aromatic carbocycles. The molecule has 2 aliphatic heterocycles. The maximum Gasteiger partial charge on any atom is 0.228 e. The molecule has 2 atom stereocenters. The quantitative estimate of drug-likeness (QED) is 0.635. The first-order chi connectivity index (χ1) is 15.3. The van der Waals surface area contributed by atoms with E-state index in [2.05, 4.69) is 31.9 Å². The van der Waals surface area contributed by atoms with Gasteiger partial charge in [-0.05, 0) is 70.2 Å². The number of likely N-dealkylation sites (tertiary alicyclic amines) is 1. The Balaban J connectivity index is 1.50. The van der Waals surface area contributed by atoms with Gasteiger partial charge in [-0.1, -0.05) is 23.8 Å². The number of thiophene rings is 1. The predicted octanol–water partition coefficient (Wildman–Crippen LogP) is 4.73. The summed E-state index contributed by atoms with van der Waals surface area (Å²) in [5.41, 5.74) is 2.04. The van der Waals surface area contributed by atoms with E-state index in [4.69, 9.17) is 0 Å². The number of piperidine rings is 1. The fourth-order valence-electron chi connectivity index (χ4n) is 4.94. The van der Waals surface area contributed by atoms with Crippen molar-refractivity contribution >= 4 is 28.8 Å². The molecule has 0 unspecified atom stereocenters. The van der Waals surface area contributed by atoms with E-state index >= 15 is 0 Å². The van der Waals surface area contributed by atoms with Crippen molar-refractivity contribution in [3.63, 3.8) is 0 Å². The third-order valence-corrected chi connectivity index (χ3v) is 8.08. The number of rotatable bonds is 6. The Labute approximate surface area is 196 Å². The molecule has 3 heterocycles. The standard InChI is InChI=1S/C26H35N3O2S/c1-18(2)27(4)17-20-11-13-28(14-12-20)26(31)22-16-24(30)29(21-9-7-19(3)8-10-21)25(22)23-6-5-15-32-23/h5-10,15,18,20,22,25H,11-14,16-17H2,1-4H3/t22-,25+/m0/s1. The van der Waals surface area contributed by atoms with Crippen LogP contribution in [0.5, 0.6) is 0 Å². The van der Waals surface area contributed by atoms with Crippen LogP contribution in [0.4, 0.5) is 5.69 Å². The molecule has 5 nitrogen and oxygen atoms in total.